The minimum absolute atomic E-state index is 0.0584. The maximum Gasteiger partial charge on any atom is 0.251 e. The van der Waals surface area contributed by atoms with Crippen LogP contribution >= 0.6 is 0 Å². The molecule has 1 amide bonds. The molecule has 2 aromatic rings. The molecule has 29 heavy (non-hydrogen) atoms. The van der Waals surface area contributed by atoms with Crippen LogP contribution in [0.3, 0.4) is 0 Å². The number of rotatable bonds is 10. The summed E-state index contributed by atoms with van der Waals surface area (Å²) < 4.78 is 2.03. The van der Waals surface area contributed by atoms with Gasteiger partial charge in [-0.25, -0.2) is 0 Å². The third-order valence-corrected chi connectivity index (χ3v) is 4.37. The second kappa shape index (κ2) is 11.8. The van der Waals surface area contributed by atoms with Gasteiger partial charge in [0.05, 0.1) is 0 Å². The fourth-order valence-corrected chi connectivity index (χ4v) is 2.76. The van der Waals surface area contributed by atoms with Crippen LogP contribution < -0.4 is 16.0 Å². The summed E-state index contributed by atoms with van der Waals surface area (Å²) in [5, 5.41) is 17.5. The molecule has 0 saturated heterocycles. The Labute approximate surface area is 172 Å². The molecular formula is C20H32N8O. The van der Waals surface area contributed by atoms with E-state index in [1.165, 1.54) is 0 Å². The van der Waals surface area contributed by atoms with Crippen LogP contribution in [0.15, 0.2) is 35.6 Å². The summed E-state index contributed by atoms with van der Waals surface area (Å²) in [6.07, 6.45) is 2.60. The number of amides is 1. The van der Waals surface area contributed by atoms with Crippen molar-refractivity contribution in [3.8, 4) is 0 Å². The first-order valence-electron chi connectivity index (χ1n) is 9.86. The third kappa shape index (κ3) is 7.53. The lowest BCUT2D eigenvalue weighted by Crippen LogP contribution is -2.38. The highest BCUT2D eigenvalue weighted by molar-refractivity contribution is 5.94. The molecule has 0 unspecified atom stereocenters. The molecule has 0 radical (unpaired) electrons. The summed E-state index contributed by atoms with van der Waals surface area (Å²) in [6, 6.07) is 7.61. The number of guanidine groups is 1. The first-order valence-corrected chi connectivity index (χ1v) is 9.86. The van der Waals surface area contributed by atoms with Gasteiger partial charge < -0.3 is 25.4 Å². The van der Waals surface area contributed by atoms with Crippen molar-refractivity contribution in [2.75, 3.05) is 40.8 Å². The van der Waals surface area contributed by atoms with Crippen LogP contribution in [-0.2, 0) is 19.5 Å². The summed E-state index contributed by atoms with van der Waals surface area (Å²) in [5.41, 5.74) is 1.67. The number of nitrogens with one attached hydrogen (secondary N) is 3. The molecule has 0 spiro atoms. The Morgan fingerprint density at radius 3 is 2.76 bits per heavy atom. The molecule has 0 aliphatic carbocycles. The van der Waals surface area contributed by atoms with Crippen molar-refractivity contribution < 1.29 is 4.79 Å². The Balaban J connectivity index is 1.80. The fraction of sp³-hybridized carbons (Fsp3) is 0.500. The Bertz CT molecular complexity index is 799. The van der Waals surface area contributed by atoms with Crippen LogP contribution in [0.4, 0.5) is 0 Å². The Kier molecular flexibility index (Phi) is 9.10. The Morgan fingerprint density at radius 1 is 1.21 bits per heavy atom. The molecule has 0 saturated carbocycles. The highest BCUT2D eigenvalue weighted by atomic mass is 16.1. The van der Waals surface area contributed by atoms with Crippen LogP contribution in [0.25, 0.3) is 0 Å². The Hall–Kier alpha value is -2.94. The van der Waals surface area contributed by atoms with E-state index in [1.54, 1.807) is 13.4 Å². The van der Waals surface area contributed by atoms with Crippen molar-refractivity contribution in [3.63, 3.8) is 0 Å². The highest BCUT2D eigenvalue weighted by Gasteiger charge is 2.07. The zero-order chi connectivity index (χ0) is 21.1. The topological polar surface area (TPSA) is 99.5 Å². The zero-order valence-corrected chi connectivity index (χ0v) is 17.8. The molecule has 3 N–H and O–H groups in total. The van der Waals surface area contributed by atoms with Crippen molar-refractivity contribution in [2.45, 2.75) is 26.4 Å². The van der Waals surface area contributed by atoms with Crippen LogP contribution in [0.2, 0.25) is 0 Å². The molecule has 9 nitrogen and oxygen atoms in total. The van der Waals surface area contributed by atoms with Gasteiger partial charge in [0.25, 0.3) is 5.91 Å². The Morgan fingerprint density at radius 2 is 2.03 bits per heavy atom. The lowest BCUT2D eigenvalue weighted by atomic mass is 10.1. The minimum atomic E-state index is -0.0584. The number of benzene rings is 1. The molecule has 0 aliphatic heterocycles. The van der Waals surface area contributed by atoms with Gasteiger partial charge in [0.2, 0.25) is 0 Å². The van der Waals surface area contributed by atoms with E-state index in [0.29, 0.717) is 31.2 Å². The maximum atomic E-state index is 12.3. The van der Waals surface area contributed by atoms with Gasteiger partial charge in [-0.1, -0.05) is 19.1 Å². The summed E-state index contributed by atoms with van der Waals surface area (Å²) in [6.45, 7) is 5.54. The van der Waals surface area contributed by atoms with Gasteiger partial charge >= 0.3 is 0 Å². The van der Waals surface area contributed by atoms with E-state index in [1.807, 2.05) is 47.8 Å². The molecule has 0 aliphatic rings. The second-order valence-corrected chi connectivity index (χ2v) is 6.91. The minimum Gasteiger partial charge on any atom is -0.355 e. The number of aryl methyl sites for hydroxylation is 1. The molecule has 1 heterocycles. The second-order valence-electron chi connectivity index (χ2n) is 6.91. The van der Waals surface area contributed by atoms with Gasteiger partial charge in [0.15, 0.2) is 5.96 Å². The number of nitrogens with zero attached hydrogens (tertiary/aromatic N) is 5. The maximum absolute atomic E-state index is 12.3. The highest BCUT2D eigenvalue weighted by Crippen LogP contribution is 2.05. The average Bonchev–Trinajstić information content (AvgIpc) is 3.18. The van der Waals surface area contributed by atoms with E-state index in [9.17, 15) is 4.79 Å². The summed E-state index contributed by atoms with van der Waals surface area (Å²) in [5.74, 6) is 1.62. The number of carbonyl (C=O) groups excluding carboxylic acids is 1. The van der Waals surface area contributed by atoms with Gasteiger partial charge in [-0.15, -0.1) is 10.2 Å². The molecule has 2 rings (SSSR count). The first kappa shape index (κ1) is 22.4. The average molecular weight is 401 g/mol. The summed E-state index contributed by atoms with van der Waals surface area (Å²) in [7, 11) is 5.70. The number of carbonyl (C=O) groups is 1. The third-order valence-electron chi connectivity index (χ3n) is 4.37. The van der Waals surface area contributed by atoms with Crippen LogP contribution in [-0.4, -0.2) is 72.3 Å². The van der Waals surface area contributed by atoms with Crippen molar-refractivity contribution in [1.29, 1.82) is 0 Å². The molecule has 0 bridgehead atoms. The molecule has 0 fully saturated rings. The molecule has 1 aromatic carbocycles. The zero-order valence-electron chi connectivity index (χ0n) is 17.8. The van der Waals surface area contributed by atoms with E-state index < -0.39 is 0 Å². The SMILES string of the molecule is CCc1nncn1CCNC(=NC)NCc1cccc(C(=O)NCCN(C)C)c1. The predicted molar refractivity (Wildman–Crippen MR) is 115 cm³/mol. The lowest BCUT2D eigenvalue weighted by molar-refractivity contribution is 0.0951. The summed E-state index contributed by atoms with van der Waals surface area (Å²) in [4.78, 5) is 18.6. The van der Waals surface area contributed by atoms with Gasteiger partial charge in [0, 0.05) is 51.8 Å². The van der Waals surface area contributed by atoms with Crippen molar-refractivity contribution in [3.05, 3.63) is 47.5 Å². The molecular weight excluding hydrogens is 368 g/mol. The van der Waals surface area contributed by atoms with Crippen molar-refractivity contribution in [1.82, 2.24) is 35.6 Å². The van der Waals surface area contributed by atoms with Gasteiger partial charge in [-0.2, -0.15) is 0 Å². The van der Waals surface area contributed by atoms with Crippen LogP contribution in [0, 0.1) is 0 Å². The predicted octanol–water partition coefficient (Wildman–Crippen LogP) is 0.497. The first-order chi connectivity index (χ1) is 14.0. The number of likely N-dealkylation sites (N-methyl/N-ethyl adjacent to an activating group) is 1. The van der Waals surface area contributed by atoms with E-state index >= 15 is 0 Å². The van der Waals surface area contributed by atoms with E-state index in [4.69, 9.17) is 0 Å². The number of hydrogen-bond acceptors (Lipinski definition) is 5. The monoisotopic (exact) mass is 400 g/mol. The standard InChI is InChI=1S/C20H32N8O/c1-5-18-26-25-15-28(18)12-10-23-20(21-2)24-14-16-7-6-8-17(13-16)19(29)22-9-11-27(3)4/h6-8,13,15H,5,9-12,14H2,1-4H3,(H,22,29)(H2,21,23,24). The van der Waals surface area contributed by atoms with Crippen LogP contribution in [0.1, 0.15) is 28.7 Å². The molecule has 9 heteroatoms. The fourth-order valence-electron chi connectivity index (χ4n) is 2.76. The molecule has 158 valence electrons. The van der Waals surface area contributed by atoms with E-state index in [-0.39, 0.29) is 5.91 Å². The van der Waals surface area contributed by atoms with Crippen LogP contribution in [0.5, 0.6) is 0 Å². The van der Waals surface area contributed by atoms with Gasteiger partial charge in [0.1, 0.15) is 12.2 Å². The normalized spacial score (nSPS) is 11.6. The largest absolute Gasteiger partial charge is 0.355 e. The summed E-state index contributed by atoms with van der Waals surface area (Å²) >= 11 is 0. The van der Waals surface area contributed by atoms with E-state index in [0.717, 1.165) is 30.9 Å². The lowest BCUT2D eigenvalue weighted by Gasteiger charge is -2.13. The molecule has 0 atom stereocenters. The van der Waals surface area contributed by atoms with Gasteiger partial charge in [-0.3, -0.25) is 9.79 Å². The quantitative estimate of drug-likeness (QED) is 0.397. The smallest absolute Gasteiger partial charge is 0.251 e. The van der Waals surface area contributed by atoms with Crippen molar-refractivity contribution >= 4 is 11.9 Å². The number of aliphatic imine (C=N–C) groups is 1. The number of aromatic nitrogens is 3. The van der Waals surface area contributed by atoms with Gasteiger partial charge in [-0.05, 0) is 31.8 Å². The van der Waals surface area contributed by atoms with Crippen molar-refractivity contribution in [2.24, 2.45) is 4.99 Å². The number of hydrogen-bond donors (Lipinski definition) is 3. The van der Waals surface area contributed by atoms with E-state index in [2.05, 4.69) is 38.1 Å². The molecule has 1 aromatic heterocycles.